The maximum Gasteiger partial charge on any atom is 0.242 e. The zero-order valence-corrected chi connectivity index (χ0v) is 18.3. The Morgan fingerprint density at radius 1 is 1.03 bits per heavy atom. The number of hydrogen-bond acceptors (Lipinski definition) is 4. The highest BCUT2D eigenvalue weighted by Gasteiger charge is 2.21. The van der Waals surface area contributed by atoms with Gasteiger partial charge >= 0.3 is 0 Å². The van der Waals surface area contributed by atoms with Gasteiger partial charge in [0.1, 0.15) is 0 Å². The van der Waals surface area contributed by atoms with Gasteiger partial charge in [0.25, 0.3) is 0 Å². The molecular weight excluding hydrogens is 412 g/mol. The molecule has 0 N–H and O–H groups in total. The van der Waals surface area contributed by atoms with Gasteiger partial charge in [-0.05, 0) is 43.2 Å². The minimum atomic E-state index is -3.67. The van der Waals surface area contributed by atoms with Gasteiger partial charge in [-0.3, -0.25) is 9.59 Å². The van der Waals surface area contributed by atoms with Crippen molar-refractivity contribution < 1.29 is 18.0 Å². The quantitative estimate of drug-likeness (QED) is 0.563. The van der Waals surface area contributed by atoms with Gasteiger partial charge in [0.05, 0.1) is 4.90 Å². The molecule has 0 aliphatic rings. The molecule has 29 heavy (non-hydrogen) atoms. The highest BCUT2D eigenvalue weighted by atomic mass is 35.5. The number of amides is 1. The molecule has 0 unspecified atom stereocenters. The van der Waals surface area contributed by atoms with E-state index in [1.54, 1.807) is 18.0 Å². The van der Waals surface area contributed by atoms with Crippen LogP contribution in [0.4, 0.5) is 0 Å². The molecule has 0 radical (unpaired) electrons. The van der Waals surface area contributed by atoms with Crippen LogP contribution in [0, 0.1) is 0 Å². The van der Waals surface area contributed by atoms with Crippen molar-refractivity contribution in [2.24, 2.45) is 0 Å². The first-order valence-electron chi connectivity index (χ1n) is 9.17. The number of rotatable bonds is 9. The van der Waals surface area contributed by atoms with E-state index < -0.39 is 10.0 Å². The molecular formula is C21H25ClN2O4S. The first kappa shape index (κ1) is 23.1. The second-order valence-electron chi connectivity index (χ2n) is 6.89. The Morgan fingerprint density at radius 3 is 2.28 bits per heavy atom. The second kappa shape index (κ2) is 10.0. The molecule has 0 aliphatic heterocycles. The summed E-state index contributed by atoms with van der Waals surface area (Å²) in [6.45, 7) is 2.08. The van der Waals surface area contributed by atoms with Gasteiger partial charge < -0.3 is 4.90 Å². The lowest BCUT2D eigenvalue weighted by molar-refractivity contribution is -0.130. The van der Waals surface area contributed by atoms with E-state index in [-0.39, 0.29) is 29.6 Å². The fourth-order valence-corrected chi connectivity index (χ4v) is 4.23. The fraction of sp³-hybridized carbons (Fsp3) is 0.333. The lowest BCUT2D eigenvalue weighted by Gasteiger charge is -2.20. The van der Waals surface area contributed by atoms with Crippen molar-refractivity contribution in [3.05, 3.63) is 64.7 Å². The van der Waals surface area contributed by atoms with E-state index in [9.17, 15) is 18.0 Å². The van der Waals surface area contributed by atoms with E-state index in [1.807, 2.05) is 18.2 Å². The van der Waals surface area contributed by atoms with Crippen LogP contribution in [0.15, 0.2) is 53.4 Å². The topological polar surface area (TPSA) is 74.8 Å². The van der Waals surface area contributed by atoms with Crippen LogP contribution in [-0.2, 0) is 21.4 Å². The number of carbonyl (C=O) groups excluding carboxylic acids is 2. The largest absolute Gasteiger partial charge is 0.341 e. The van der Waals surface area contributed by atoms with Crippen LogP contribution >= 0.6 is 11.6 Å². The van der Waals surface area contributed by atoms with Gasteiger partial charge in [-0.15, -0.1) is 0 Å². The van der Waals surface area contributed by atoms with Gasteiger partial charge in [-0.2, -0.15) is 0 Å². The minimum absolute atomic E-state index is 0.0680. The molecule has 0 spiro atoms. The predicted octanol–water partition coefficient (Wildman–Crippen LogP) is 3.60. The Hall–Kier alpha value is -2.22. The van der Waals surface area contributed by atoms with Gasteiger partial charge in [-0.1, -0.05) is 35.9 Å². The van der Waals surface area contributed by atoms with E-state index in [1.165, 1.54) is 42.5 Å². The molecule has 1 amide bonds. The molecule has 156 valence electrons. The van der Waals surface area contributed by atoms with E-state index in [4.69, 9.17) is 11.6 Å². The van der Waals surface area contributed by atoms with E-state index in [0.29, 0.717) is 23.6 Å². The maximum atomic E-state index is 12.6. The van der Waals surface area contributed by atoms with Crippen molar-refractivity contribution in [1.29, 1.82) is 0 Å². The fourth-order valence-electron chi connectivity index (χ4n) is 2.80. The van der Waals surface area contributed by atoms with E-state index >= 15 is 0 Å². The Balaban J connectivity index is 1.88. The number of benzene rings is 2. The summed E-state index contributed by atoms with van der Waals surface area (Å²) < 4.78 is 26.5. The van der Waals surface area contributed by atoms with Crippen LogP contribution < -0.4 is 0 Å². The van der Waals surface area contributed by atoms with Crippen molar-refractivity contribution in [2.75, 3.05) is 20.6 Å². The SMILES string of the molecule is CC(=O)c1ccc(S(=O)(=O)N(C)CCCC(=O)N(C)Cc2cccc(Cl)c2)cc1. The smallest absolute Gasteiger partial charge is 0.242 e. The molecule has 6 nitrogen and oxygen atoms in total. The highest BCUT2D eigenvalue weighted by molar-refractivity contribution is 7.89. The Labute approximate surface area is 177 Å². The summed E-state index contributed by atoms with van der Waals surface area (Å²) in [6, 6.07) is 13.2. The summed E-state index contributed by atoms with van der Waals surface area (Å²) >= 11 is 5.96. The molecule has 0 fully saturated rings. The first-order valence-corrected chi connectivity index (χ1v) is 11.0. The van der Waals surface area contributed by atoms with Crippen molar-refractivity contribution in [2.45, 2.75) is 31.2 Å². The summed E-state index contributed by atoms with van der Waals surface area (Å²) in [6.07, 6.45) is 0.639. The summed E-state index contributed by atoms with van der Waals surface area (Å²) in [7, 11) is -0.481. The Bertz CT molecular complexity index is 974. The van der Waals surface area contributed by atoms with Crippen molar-refractivity contribution in [1.82, 2.24) is 9.21 Å². The molecule has 0 aromatic heterocycles. The lowest BCUT2D eigenvalue weighted by Crippen LogP contribution is -2.30. The molecule has 0 atom stereocenters. The first-order chi connectivity index (χ1) is 13.6. The number of Topliss-reactive ketones (excluding diaryl/α,β-unsaturated/α-hetero) is 1. The predicted molar refractivity (Wildman–Crippen MR) is 113 cm³/mol. The zero-order chi connectivity index (χ0) is 21.6. The molecule has 0 aliphatic carbocycles. The molecule has 2 aromatic rings. The minimum Gasteiger partial charge on any atom is -0.341 e. The number of nitrogens with zero attached hydrogens (tertiary/aromatic N) is 2. The Kier molecular flexibility index (Phi) is 7.96. The van der Waals surface area contributed by atoms with Crippen molar-refractivity contribution in [3.8, 4) is 0 Å². The third kappa shape index (κ3) is 6.39. The highest BCUT2D eigenvalue weighted by Crippen LogP contribution is 2.17. The zero-order valence-electron chi connectivity index (χ0n) is 16.8. The molecule has 0 saturated carbocycles. The van der Waals surface area contributed by atoms with Crippen molar-refractivity contribution in [3.63, 3.8) is 0 Å². The van der Waals surface area contributed by atoms with Crippen LogP contribution in [0.5, 0.6) is 0 Å². The molecule has 2 rings (SSSR count). The Morgan fingerprint density at radius 2 is 1.69 bits per heavy atom. The second-order valence-corrected chi connectivity index (χ2v) is 9.37. The van der Waals surface area contributed by atoms with E-state index in [0.717, 1.165) is 5.56 Å². The van der Waals surface area contributed by atoms with Crippen LogP contribution in [0.3, 0.4) is 0 Å². The molecule has 2 aromatic carbocycles. The number of ketones is 1. The van der Waals surface area contributed by atoms with Gasteiger partial charge in [0.2, 0.25) is 15.9 Å². The monoisotopic (exact) mass is 436 g/mol. The number of halogens is 1. The van der Waals surface area contributed by atoms with Crippen LogP contribution in [-0.4, -0.2) is 50.0 Å². The third-order valence-electron chi connectivity index (χ3n) is 4.57. The van der Waals surface area contributed by atoms with Crippen LogP contribution in [0.2, 0.25) is 5.02 Å². The average Bonchev–Trinajstić information content (AvgIpc) is 2.67. The summed E-state index contributed by atoms with van der Waals surface area (Å²) in [5.74, 6) is -0.190. The molecule has 8 heteroatoms. The lowest BCUT2D eigenvalue weighted by atomic mass is 10.2. The normalized spacial score (nSPS) is 11.5. The number of carbonyl (C=O) groups is 2. The van der Waals surface area contributed by atoms with Gasteiger partial charge in [-0.25, -0.2) is 12.7 Å². The number of hydrogen-bond donors (Lipinski definition) is 0. The summed E-state index contributed by atoms with van der Waals surface area (Å²) in [5.41, 5.74) is 1.39. The molecule has 0 saturated heterocycles. The average molecular weight is 437 g/mol. The van der Waals surface area contributed by atoms with E-state index in [2.05, 4.69) is 0 Å². The van der Waals surface area contributed by atoms with Crippen molar-refractivity contribution >= 4 is 33.3 Å². The molecule has 0 heterocycles. The summed E-state index contributed by atoms with van der Waals surface area (Å²) in [5, 5.41) is 0.617. The number of sulfonamides is 1. The van der Waals surface area contributed by atoms with Gasteiger partial charge in [0.15, 0.2) is 5.78 Å². The van der Waals surface area contributed by atoms with Gasteiger partial charge in [0, 0.05) is 44.2 Å². The molecule has 0 bridgehead atoms. The van der Waals surface area contributed by atoms with Crippen LogP contribution in [0.25, 0.3) is 0 Å². The summed E-state index contributed by atoms with van der Waals surface area (Å²) in [4.78, 5) is 25.4. The third-order valence-corrected chi connectivity index (χ3v) is 6.67. The standard InChI is InChI=1S/C21H25ClN2O4S/c1-16(25)18-9-11-20(12-10-18)29(27,28)24(3)13-5-8-21(26)23(2)15-17-6-4-7-19(22)14-17/h4,6-7,9-12,14H,5,8,13,15H2,1-3H3. The maximum absolute atomic E-state index is 12.6. The van der Waals surface area contributed by atoms with Crippen LogP contribution in [0.1, 0.15) is 35.7 Å².